The maximum atomic E-state index is 12.1. The number of urea groups is 1. The summed E-state index contributed by atoms with van der Waals surface area (Å²) in [6, 6.07) is 13.1. The van der Waals surface area contributed by atoms with E-state index in [4.69, 9.17) is 11.6 Å². The zero-order valence-electron chi connectivity index (χ0n) is 12.9. The van der Waals surface area contributed by atoms with Crippen LogP contribution in [0.5, 0.6) is 0 Å². The van der Waals surface area contributed by atoms with E-state index in [1.165, 1.54) is 0 Å². The third-order valence-electron chi connectivity index (χ3n) is 3.77. The lowest BCUT2D eigenvalue weighted by Gasteiger charge is -2.35. The molecule has 0 bridgehead atoms. The lowest BCUT2D eigenvalue weighted by atomic mass is 10.2. The first-order valence-corrected chi connectivity index (χ1v) is 8.73. The van der Waals surface area contributed by atoms with E-state index in [9.17, 15) is 9.59 Å². The smallest absolute Gasteiger partial charge is 0.336 e. The quantitative estimate of drug-likeness (QED) is 0.805. The first-order valence-electron chi connectivity index (χ1n) is 7.54. The summed E-state index contributed by atoms with van der Waals surface area (Å²) < 4.78 is 0.531. The molecule has 6 nitrogen and oxygen atoms in total. The van der Waals surface area contributed by atoms with Gasteiger partial charge in [0.05, 0.1) is 9.21 Å². The molecule has 8 heteroatoms. The zero-order valence-corrected chi connectivity index (χ0v) is 14.4. The molecule has 0 saturated carbocycles. The molecule has 1 aromatic heterocycles. The van der Waals surface area contributed by atoms with Crippen molar-refractivity contribution in [3.8, 4) is 0 Å². The number of anilines is 1. The summed E-state index contributed by atoms with van der Waals surface area (Å²) in [5.74, 6) is -0.372. The van der Waals surface area contributed by atoms with Gasteiger partial charge in [-0.1, -0.05) is 29.8 Å². The van der Waals surface area contributed by atoms with Gasteiger partial charge in [0, 0.05) is 31.9 Å². The van der Waals surface area contributed by atoms with Gasteiger partial charge in [0.2, 0.25) is 0 Å². The van der Waals surface area contributed by atoms with E-state index in [1.807, 2.05) is 18.2 Å². The number of amides is 3. The van der Waals surface area contributed by atoms with E-state index >= 15 is 0 Å². The molecule has 24 heavy (non-hydrogen) atoms. The van der Waals surface area contributed by atoms with Crippen molar-refractivity contribution in [3.05, 3.63) is 51.7 Å². The lowest BCUT2D eigenvalue weighted by molar-refractivity contribution is 0.0933. The molecule has 126 valence electrons. The fourth-order valence-electron chi connectivity index (χ4n) is 2.49. The molecule has 1 saturated heterocycles. The Morgan fingerprint density at radius 2 is 1.67 bits per heavy atom. The highest BCUT2D eigenvalue weighted by Gasteiger charge is 2.21. The molecule has 0 aliphatic carbocycles. The molecular weight excluding hydrogens is 348 g/mol. The monoisotopic (exact) mass is 364 g/mol. The minimum Gasteiger partial charge on any atom is -0.368 e. The highest BCUT2D eigenvalue weighted by molar-refractivity contribution is 7.17. The van der Waals surface area contributed by atoms with E-state index in [-0.39, 0.29) is 11.9 Å². The van der Waals surface area contributed by atoms with Gasteiger partial charge in [0.1, 0.15) is 0 Å². The van der Waals surface area contributed by atoms with Gasteiger partial charge < -0.3 is 9.80 Å². The summed E-state index contributed by atoms with van der Waals surface area (Å²) in [6.45, 7) is 2.71. The number of carbonyl (C=O) groups is 2. The second kappa shape index (κ2) is 7.55. The number of hydrogen-bond donors (Lipinski definition) is 2. The van der Waals surface area contributed by atoms with Crippen molar-refractivity contribution in [3.63, 3.8) is 0 Å². The second-order valence-corrected chi connectivity index (χ2v) is 7.01. The molecule has 2 heterocycles. The predicted molar refractivity (Wildman–Crippen MR) is 95.6 cm³/mol. The maximum absolute atomic E-state index is 12.1. The number of nitrogens with one attached hydrogen (secondary N) is 2. The third-order valence-corrected chi connectivity index (χ3v) is 5.00. The Hall–Kier alpha value is -2.25. The first kappa shape index (κ1) is 16.6. The molecule has 2 N–H and O–H groups in total. The number of hydrogen-bond acceptors (Lipinski definition) is 4. The summed E-state index contributed by atoms with van der Waals surface area (Å²) >= 11 is 6.95. The fraction of sp³-hybridized carbons (Fsp3) is 0.250. The molecule has 1 aromatic carbocycles. The van der Waals surface area contributed by atoms with Gasteiger partial charge in [-0.3, -0.25) is 10.2 Å². The van der Waals surface area contributed by atoms with Crippen LogP contribution in [0.1, 0.15) is 9.67 Å². The van der Waals surface area contributed by atoms with Crippen LogP contribution in [0.4, 0.5) is 10.5 Å². The summed E-state index contributed by atoms with van der Waals surface area (Å²) in [4.78, 5) is 28.4. The topological polar surface area (TPSA) is 64.7 Å². The van der Waals surface area contributed by atoms with E-state index in [0.29, 0.717) is 22.3 Å². The lowest BCUT2D eigenvalue weighted by Crippen LogP contribution is -2.55. The van der Waals surface area contributed by atoms with Gasteiger partial charge in [-0.2, -0.15) is 0 Å². The predicted octanol–water partition coefficient (Wildman–Crippen LogP) is 2.58. The SMILES string of the molecule is O=C(NNC(=O)N1CCN(c2ccccc2)CC1)c1ccc(Cl)s1. The fourth-order valence-corrected chi connectivity index (χ4v) is 3.43. The van der Waals surface area contributed by atoms with Crippen LogP contribution in [-0.2, 0) is 0 Å². The maximum Gasteiger partial charge on any atom is 0.336 e. The van der Waals surface area contributed by atoms with Gasteiger partial charge in [-0.25, -0.2) is 10.2 Å². The number of rotatable bonds is 2. The standard InChI is InChI=1S/C16H17ClN4O2S/c17-14-7-6-13(24-14)15(22)18-19-16(23)21-10-8-20(9-11-21)12-4-2-1-3-5-12/h1-7H,8-11H2,(H,18,22)(H,19,23). The van der Waals surface area contributed by atoms with Gasteiger partial charge in [-0.05, 0) is 24.3 Å². The van der Waals surface area contributed by atoms with Crippen LogP contribution < -0.4 is 15.8 Å². The largest absolute Gasteiger partial charge is 0.368 e. The van der Waals surface area contributed by atoms with Crippen LogP contribution >= 0.6 is 22.9 Å². The Labute approximate surface area is 149 Å². The number of halogens is 1. The normalized spacial score (nSPS) is 14.4. The zero-order chi connectivity index (χ0) is 16.9. The van der Waals surface area contributed by atoms with Crippen molar-refractivity contribution in [1.82, 2.24) is 15.8 Å². The van der Waals surface area contributed by atoms with Gasteiger partial charge in [-0.15, -0.1) is 11.3 Å². The minimum absolute atomic E-state index is 0.307. The Morgan fingerprint density at radius 3 is 2.29 bits per heavy atom. The number of thiophene rings is 1. The molecule has 2 aromatic rings. The Balaban J connectivity index is 1.46. The third kappa shape index (κ3) is 3.98. The summed E-state index contributed by atoms with van der Waals surface area (Å²) in [5, 5.41) is 0. The molecule has 0 spiro atoms. The van der Waals surface area contributed by atoms with Crippen molar-refractivity contribution >= 4 is 40.6 Å². The van der Waals surface area contributed by atoms with Gasteiger partial charge in [0.25, 0.3) is 5.91 Å². The Bertz CT molecular complexity index is 714. The van der Waals surface area contributed by atoms with Gasteiger partial charge >= 0.3 is 6.03 Å². The van der Waals surface area contributed by atoms with E-state index in [0.717, 1.165) is 30.1 Å². The molecule has 0 unspecified atom stereocenters. The average Bonchev–Trinajstić information content (AvgIpc) is 3.07. The van der Waals surface area contributed by atoms with Crippen LogP contribution in [0.25, 0.3) is 0 Å². The first-order chi connectivity index (χ1) is 11.6. The van der Waals surface area contributed by atoms with E-state index < -0.39 is 0 Å². The molecular formula is C16H17ClN4O2S. The van der Waals surface area contributed by atoms with Crippen LogP contribution in [0.3, 0.4) is 0 Å². The number of nitrogens with zero attached hydrogens (tertiary/aromatic N) is 2. The van der Waals surface area contributed by atoms with Crippen LogP contribution in [0, 0.1) is 0 Å². The van der Waals surface area contributed by atoms with Crippen molar-refractivity contribution < 1.29 is 9.59 Å². The molecule has 1 aliphatic rings. The number of carbonyl (C=O) groups excluding carboxylic acids is 2. The van der Waals surface area contributed by atoms with E-state index in [2.05, 4.69) is 27.9 Å². The Kier molecular flexibility index (Phi) is 5.22. The van der Waals surface area contributed by atoms with Gasteiger partial charge in [0.15, 0.2) is 0 Å². The van der Waals surface area contributed by atoms with Crippen LogP contribution in [0.15, 0.2) is 42.5 Å². The molecule has 3 amide bonds. The highest BCUT2D eigenvalue weighted by atomic mass is 35.5. The number of para-hydroxylation sites is 1. The highest BCUT2D eigenvalue weighted by Crippen LogP contribution is 2.21. The molecule has 1 aliphatic heterocycles. The van der Waals surface area contributed by atoms with Crippen LogP contribution in [0.2, 0.25) is 4.34 Å². The van der Waals surface area contributed by atoms with Crippen LogP contribution in [-0.4, -0.2) is 43.0 Å². The average molecular weight is 365 g/mol. The summed E-state index contributed by atoms with van der Waals surface area (Å²) in [7, 11) is 0. The van der Waals surface area contributed by atoms with Crippen molar-refractivity contribution in [2.75, 3.05) is 31.1 Å². The number of hydrazine groups is 1. The molecule has 0 radical (unpaired) electrons. The molecule has 3 rings (SSSR count). The number of piperazine rings is 1. The van der Waals surface area contributed by atoms with Crippen molar-refractivity contribution in [2.24, 2.45) is 0 Å². The second-order valence-electron chi connectivity index (χ2n) is 5.30. The molecule has 0 atom stereocenters. The summed E-state index contributed by atoms with van der Waals surface area (Å²) in [5.41, 5.74) is 6.01. The minimum atomic E-state index is -0.372. The van der Waals surface area contributed by atoms with E-state index in [1.54, 1.807) is 17.0 Å². The Morgan fingerprint density at radius 1 is 0.958 bits per heavy atom. The van der Waals surface area contributed by atoms with Crippen molar-refractivity contribution in [2.45, 2.75) is 0 Å². The molecule has 1 fully saturated rings. The summed E-state index contributed by atoms with van der Waals surface area (Å²) in [6.07, 6.45) is 0. The number of benzene rings is 1. The van der Waals surface area contributed by atoms with Crippen molar-refractivity contribution in [1.29, 1.82) is 0 Å².